The molecule has 0 radical (unpaired) electrons. The molecule has 0 bridgehead atoms. The van der Waals surface area contributed by atoms with Crippen LogP contribution in [0.5, 0.6) is 11.5 Å². The highest BCUT2D eigenvalue weighted by molar-refractivity contribution is 5.98. The average molecular weight is 364 g/mol. The van der Waals surface area contributed by atoms with Gasteiger partial charge >= 0.3 is 0 Å². The number of carbonyl (C=O) groups is 2. The minimum absolute atomic E-state index is 0.0662. The van der Waals surface area contributed by atoms with Crippen LogP contribution in [0.4, 0.5) is 0 Å². The second-order valence-electron chi connectivity index (χ2n) is 7.40. The summed E-state index contributed by atoms with van der Waals surface area (Å²) < 4.78 is 5.85. The number of piperazine rings is 1. The molecule has 4 rings (SSSR count). The highest BCUT2D eigenvalue weighted by Gasteiger charge is 2.42. The molecule has 5 heteroatoms. The Morgan fingerprint density at radius 3 is 2.63 bits per heavy atom. The van der Waals surface area contributed by atoms with Crippen LogP contribution in [-0.2, 0) is 4.79 Å². The van der Waals surface area contributed by atoms with Crippen LogP contribution in [0.3, 0.4) is 0 Å². The van der Waals surface area contributed by atoms with Crippen molar-refractivity contribution in [2.75, 3.05) is 13.1 Å². The first-order valence-corrected chi connectivity index (χ1v) is 9.49. The third-order valence-corrected chi connectivity index (χ3v) is 5.48. The van der Waals surface area contributed by atoms with Crippen molar-refractivity contribution in [3.05, 3.63) is 59.7 Å². The topological polar surface area (TPSA) is 49.9 Å². The smallest absolute Gasteiger partial charge is 0.254 e. The molecule has 0 saturated carbocycles. The normalized spacial score (nSPS) is 21.9. The maximum absolute atomic E-state index is 13.0. The summed E-state index contributed by atoms with van der Waals surface area (Å²) in [6, 6.07) is 14.7. The van der Waals surface area contributed by atoms with Gasteiger partial charge in [0.05, 0.1) is 0 Å². The fourth-order valence-corrected chi connectivity index (χ4v) is 3.98. The Hall–Kier alpha value is -2.82. The van der Waals surface area contributed by atoms with Crippen molar-refractivity contribution in [3.63, 3.8) is 0 Å². The molecule has 140 valence electrons. The van der Waals surface area contributed by atoms with E-state index in [1.165, 1.54) is 0 Å². The fraction of sp³-hybridized carbons (Fsp3) is 0.364. The Morgan fingerprint density at radius 2 is 1.89 bits per heavy atom. The van der Waals surface area contributed by atoms with Gasteiger partial charge in [-0.3, -0.25) is 9.59 Å². The van der Waals surface area contributed by atoms with Gasteiger partial charge in [0.15, 0.2) is 0 Å². The number of carbonyl (C=O) groups excluding carboxylic acids is 2. The fourth-order valence-electron chi connectivity index (χ4n) is 3.98. The molecule has 5 nitrogen and oxygen atoms in total. The highest BCUT2D eigenvalue weighted by atomic mass is 16.5. The molecule has 0 unspecified atom stereocenters. The monoisotopic (exact) mass is 364 g/mol. The van der Waals surface area contributed by atoms with Crippen molar-refractivity contribution < 1.29 is 14.3 Å². The summed E-state index contributed by atoms with van der Waals surface area (Å²) in [5, 5.41) is 0. The van der Waals surface area contributed by atoms with Crippen molar-refractivity contribution in [2.45, 2.75) is 38.8 Å². The van der Waals surface area contributed by atoms with Gasteiger partial charge < -0.3 is 14.5 Å². The first kappa shape index (κ1) is 17.6. The molecule has 0 aromatic heterocycles. The highest BCUT2D eigenvalue weighted by Crippen LogP contribution is 2.28. The molecule has 2 aromatic carbocycles. The van der Waals surface area contributed by atoms with Gasteiger partial charge in [0.2, 0.25) is 5.91 Å². The molecule has 2 amide bonds. The Bertz CT molecular complexity index is 862. The lowest BCUT2D eigenvalue weighted by molar-refractivity contribution is -0.141. The summed E-state index contributed by atoms with van der Waals surface area (Å²) >= 11 is 0. The van der Waals surface area contributed by atoms with E-state index in [2.05, 4.69) is 0 Å². The van der Waals surface area contributed by atoms with E-state index in [-0.39, 0.29) is 17.9 Å². The van der Waals surface area contributed by atoms with Crippen LogP contribution >= 0.6 is 0 Å². The summed E-state index contributed by atoms with van der Waals surface area (Å²) in [4.78, 5) is 29.2. The summed E-state index contributed by atoms with van der Waals surface area (Å²) in [6.07, 6.45) is 2.00. The molecule has 0 spiro atoms. The maximum Gasteiger partial charge on any atom is 0.254 e. The first-order chi connectivity index (χ1) is 13.0. The molecular weight excluding hydrogens is 340 g/mol. The second kappa shape index (κ2) is 7.06. The van der Waals surface area contributed by atoms with Crippen molar-refractivity contribution >= 4 is 11.8 Å². The first-order valence-electron chi connectivity index (χ1n) is 9.49. The van der Waals surface area contributed by atoms with Crippen molar-refractivity contribution in [2.24, 2.45) is 0 Å². The minimum Gasteiger partial charge on any atom is -0.457 e. The van der Waals surface area contributed by atoms with Gasteiger partial charge in [-0.15, -0.1) is 0 Å². The molecule has 2 heterocycles. The summed E-state index contributed by atoms with van der Waals surface area (Å²) in [5.41, 5.74) is 1.71. The maximum atomic E-state index is 13.0. The Kier molecular flexibility index (Phi) is 4.60. The van der Waals surface area contributed by atoms with Crippen LogP contribution in [0.1, 0.15) is 35.7 Å². The zero-order chi connectivity index (χ0) is 19.0. The molecule has 2 atom stereocenters. The number of amides is 2. The number of fused-ring (bicyclic) bond motifs is 1. The van der Waals surface area contributed by atoms with Gasteiger partial charge in [0, 0.05) is 24.7 Å². The van der Waals surface area contributed by atoms with Crippen LogP contribution in [0, 0.1) is 6.92 Å². The van der Waals surface area contributed by atoms with Crippen LogP contribution < -0.4 is 4.74 Å². The lowest BCUT2D eigenvalue weighted by Gasteiger charge is -2.41. The van der Waals surface area contributed by atoms with E-state index >= 15 is 0 Å². The summed E-state index contributed by atoms with van der Waals surface area (Å²) in [5.74, 6) is 1.42. The Morgan fingerprint density at radius 1 is 1.11 bits per heavy atom. The average Bonchev–Trinajstić information content (AvgIpc) is 3.14. The molecule has 2 saturated heterocycles. The molecule has 2 aliphatic heterocycles. The lowest BCUT2D eigenvalue weighted by Crippen LogP contribution is -2.60. The van der Waals surface area contributed by atoms with Crippen LogP contribution in [-0.4, -0.2) is 46.8 Å². The van der Waals surface area contributed by atoms with E-state index < -0.39 is 6.04 Å². The van der Waals surface area contributed by atoms with Crippen LogP contribution in [0.2, 0.25) is 0 Å². The molecule has 0 N–H and O–H groups in total. The lowest BCUT2D eigenvalue weighted by atomic mass is 10.1. The van der Waals surface area contributed by atoms with E-state index in [1.807, 2.05) is 43.0 Å². The minimum atomic E-state index is -0.407. The number of hydrogen-bond acceptors (Lipinski definition) is 3. The molecule has 2 aliphatic rings. The van der Waals surface area contributed by atoms with Crippen molar-refractivity contribution in [1.82, 2.24) is 9.80 Å². The Balaban J connectivity index is 1.48. The van der Waals surface area contributed by atoms with E-state index in [0.717, 1.165) is 30.7 Å². The Labute approximate surface area is 159 Å². The molecule has 2 aromatic rings. The predicted molar refractivity (Wildman–Crippen MR) is 103 cm³/mol. The van der Waals surface area contributed by atoms with E-state index in [9.17, 15) is 9.59 Å². The van der Waals surface area contributed by atoms with Gasteiger partial charge in [-0.05, 0) is 68.7 Å². The largest absolute Gasteiger partial charge is 0.457 e. The summed E-state index contributed by atoms with van der Waals surface area (Å²) in [7, 11) is 0. The van der Waals surface area contributed by atoms with Crippen molar-refractivity contribution in [3.8, 4) is 11.5 Å². The van der Waals surface area contributed by atoms with E-state index in [4.69, 9.17) is 4.74 Å². The van der Waals surface area contributed by atoms with Crippen LogP contribution in [0.25, 0.3) is 0 Å². The van der Waals surface area contributed by atoms with E-state index in [1.54, 1.807) is 29.2 Å². The van der Waals surface area contributed by atoms with Crippen molar-refractivity contribution in [1.29, 1.82) is 0 Å². The zero-order valence-corrected chi connectivity index (χ0v) is 15.7. The number of hydrogen-bond donors (Lipinski definition) is 0. The molecule has 2 fully saturated rings. The molecule has 27 heavy (non-hydrogen) atoms. The van der Waals surface area contributed by atoms with Gasteiger partial charge in [0.25, 0.3) is 5.91 Å². The standard InChI is InChI=1S/C22H24N2O3/c1-15-5-3-7-20(13-15)27-19-10-8-17(9-11-19)22(26)24-14-18-6-4-12-23(18)21(25)16(24)2/h3,5,7-11,13,16,18H,4,6,12,14H2,1-2H3/t16-,18+/m1/s1. The molecular formula is C22H24N2O3. The molecule has 0 aliphatic carbocycles. The van der Waals surface area contributed by atoms with Crippen LogP contribution in [0.15, 0.2) is 48.5 Å². The SMILES string of the molecule is Cc1cccc(Oc2ccc(C(=O)N3C[C@@H]4CCCN4C(=O)[C@H]3C)cc2)c1. The number of ether oxygens (including phenoxy) is 1. The quantitative estimate of drug-likeness (QED) is 0.836. The predicted octanol–water partition coefficient (Wildman–Crippen LogP) is 3.62. The third-order valence-electron chi connectivity index (χ3n) is 5.48. The second-order valence-corrected chi connectivity index (χ2v) is 7.40. The summed E-state index contributed by atoms with van der Waals surface area (Å²) in [6.45, 7) is 5.28. The number of benzene rings is 2. The number of nitrogens with zero attached hydrogens (tertiary/aromatic N) is 2. The van der Waals surface area contributed by atoms with Gasteiger partial charge in [-0.25, -0.2) is 0 Å². The third kappa shape index (κ3) is 3.42. The van der Waals surface area contributed by atoms with E-state index in [0.29, 0.717) is 17.9 Å². The van der Waals surface area contributed by atoms with Gasteiger partial charge in [-0.1, -0.05) is 12.1 Å². The zero-order valence-electron chi connectivity index (χ0n) is 15.7. The van der Waals surface area contributed by atoms with Gasteiger partial charge in [0.1, 0.15) is 17.5 Å². The number of rotatable bonds is 3. The number of aryl methyl sites for hydroxylation is 1. The van der Waals surface area contributed by atoms with Gasteiger partial charge in [-0.2, -0.15) is 0 Å².